The zero-order valence-corrected chi connectivity index (χ0v) is 10.3. The molecule has 4 nitrogen and oxygen atoms in total. The SMILES string of the molecule is CCN(C(=O)C(C)C#N)c1cc(O)ccc1C. The summed E-state index contributed by atoms with van der Waals surface area (Å²) in [7, 11) is 0. The smallest absolute Gasteiger partial charge is 0.244 e. The molecule has 0 fully saturated rings. The van der Waals surface area contributed by atoms with E-state index >= 15 is 0 Å². The number of carbonyl (C=O) groups is 1. The van der Waals surface area contributed by atoms with Gasteiger partial charge in [-0.25, -0.2) is 0 Å². The summed E-state index contributed by atoms with van der Waals surface area (Å²) >= 11 is 0. The Morgan fingerprint density at radius 3 is 2.76 bits per heavy atom. The Balaban J connectivity index is 3.14. The van der Waals surface area contributed by atoms with E-state index in [-0.39, 0.29) is 11.7 Å². The van der Waals surface area contributed by atoms with Crippen molar-refractivity contribution >= 4 is 11.6 Å². The lowest BCUT2D eigenvalue weighted by Crippen LogP contribution is -2.35. The number of aryl methyl sites for hydroxylation is 1. The first-order chi connectivity index (χ1) is 8.01. The van der Waals surface area contributed by atoms with Crippen LogP contribution < -0.4 is 4.90 Å². The van der Waals surface area contributed by atoms with Gasteiger partial charge in [-0.1, -0.05) is 6.07 Å². The molecule has 1 atom stereocenters. The second kappa shape index (κ2) is 5.35. The lowest BCUT2D eigenvalue weighted by atomic mass is 10.1. The summed E-state index contributed by atoms with van der Waals surface area (Å²) in [6.07, 6.45) is 0. The monoisotopic (exact) mass is 232 g/mol. The summed E-state index contributed by atoms with van der Waals surface area (Å²) in [6.45, 7) is 5.74. The molecule has 0 heterocycles. The van der Waals surface area contributed by atoms with Gasteiger partial charge >= 0.3 is 0 Å². The van der Waals surface area contributed by atoms with Gasteiger partial charge in [-0.15, -0.1) is 0 Å². The van der Waals surface area contributed by atoms with Gasteiger partial charge in [0, 0.05) is 12.6 Å². The van der Waals surface area contributed by atoms with Gasteiger partial charge in [0.25, 0.3) is 0 Å². The fourth-order valence-corrected chi connectivity index (χ4v) is 1.62. The highest BCUT2D eigenvalue weighted by Crippen LogP contribution is 2.25. The number of phenolic OH excluding ortho intramolecular Hbond substituents is 1. The number of nitriles is 1. The Morgan fingerprint density at radius 2 is 2.24 bits per heavy atom. The molecule has 0 aliphatic carbocycles. The maximum atomic E-state index is 12.0. The topological polar surface area (TPSA) is 64.3 Å². The molecule has 1 aromatic carbocycles. The van der Waals surface area contributed by atoms with Crippen LogP contribution in [-0.2, 0) is 4.79 Å². The number of nitrogens with zero attached hydrogens (tertiary/aromatic N) is 2. The molecule has 0 aliphatic rings. The van der Waals surface area contributed by atoms with Crippen LogP contribution in [0.4, 0.5) is 5.69 Å². The molecule has 4 heteroatoms. The van der Waals surface area contributed by atoms with Crippen LogP contribution in [0.1, 0.15) is 19.4 Å². The van der Waals surface area contributed by atoms with Crippen molar-refractivity contribution in [3.63, 3.8) is 0 Å². The van der Waals surface area contributed by atoms with E-state index in [1.54, 1.807) is 25.1 Å². The summed E-state index contributed by atoms with van der Waals surface area (Å²) in [5, 5.41) is 18.2. The number of phenols is 1. The number of anilines is 1. The van der Waals surface area contributed by atoms with E-state index in [4.69, 9.17) is 5.26 Å². The Bertz CT molecular complexity index is 463. The fourth-order valence-electron chi connectivity index (χ4n) is 1.62. The molecule has 0 aliphatic heterocycles. The predicted octanol–water partition coefficient (Wildman–Crippen LogP) is 2.21. The second-order valence-corrected chi connectivity index (χ2v) is 3.90. The molecule has 0 saturated carbocycles. The van der Waals surface area contributed by atoms with Crippen LogP contribution in [0.15, 0.2) is 18.2 Å². The van der Waals surface area contributed by atoms with Crippen molar-refractivity contribution in [1.29, 1.82) is 5.26 Å². The summed E-state index contributed by atoms with van der Waals surface area (Å²) in [6, 6.07) is 6.79. The van der Waals surface area contributed by atoms with Crippen molar-refractivity contribution in [3.8, 4) is 11.8 Å². The molecule has 1 unspecified atom stereocenters. The van der Waals surface area contributed by atoms with Crippen LogP contribution in [-0.4, -0.2) is 17.6 Å². The molecule has 1 N–H and O–H groups in total. The Kier molecular flexibility index (Phi) is 4.11. The number of rotatable bonds is 3. The van der Waals surface area contributed by atoms with Crippen LogP contribution in [0.3, 0.4) is 0 Å². The van der Waals surface area contributed by atoms with Gasteiger partial charge in [-0.05, 0) is 32.4 Å². The molecular formula is C13H16N2O2. The molecule has 0 bridgehead atoms. The fraction of sp³-hybridized carbons (Fsp3) is 0.385. The first kappa shape index (κ1) is 13.0. The van der Waals surface area contributed by atoms with Crippen molar-refractivity contribution in [2.24, 2.45) is 5.92 Å². The van der Waals surface area contributed by atoms with Crippen LogP contribution in [0.2, 0.25) is 0 Å². The highest BCUT2D eigenvalue weighted by molar-refractivity contribution is 5.97. The van der Waals surface area contributed by atoms with Gasteiger partial charge in [0.05, 0.1) is 11.8 Å². The number of hydrogen-bond donors (Lipinski definition) is 1. The largest absolute Gasteiger partial charge is 0.508 e. The van der Waals surface area contributed by atoms with Crippen LogP contribution in [0.5, 0.6) is 5.75 Å². The molecule has 0 saturated heterocycles. The summed E-state index contributed by atoms with van der Waals surface area (Å²) in [4.78, 5) is 13.5. The Labute approximate surface area is 101 Å². The zero-order valence-electron chi connectivity index (χ0n) is 10.3. The maximum absolute atomic E-state index is 12.0. The van der Waals surface area contributed by atoms with E-state index in [1.807, 2.05) is 19.9 Å². The summed E-state index contributed by atoms with van der Waals surface area (Å²) < 4.78 is 0. The first-order valence-electron chi connectivity index (χ1n) is 5.51. The molecule has 1 rings (SSSR count). The van der Waals surface area contributed by atoms with Crippen molar-refractivity contribution in [2.75, 3.05) is 11.4 Å². The van der Waals surface area contributed by atoms with Gasteiger partial charge in [0.2, 0.25) is 5.91 Å². The molecule has 1 aromatic rings. The van der Waals surface area contributed by atoms with Gasteiger partial charge in [-0.2, -0.15) is 5.26 Å². The number of aromatic hydroxyl groups is 1. The minimum atomic E-state index is -0.684. The van der Waals surface area contributed by atoms with Crippen LogP contribution in [0, 0.1) is 24.2 Å². The molecule has 17 heavy (non-hydrogen) atoms. The predicted molar refractivity (Wildman–Crippen MR) is 65.6 cm³/mol. The average molecular weight is 232 g/mol. The summed E-state index contributed by atoms with van der Waals surface area (Å²) in [5.74, 6) is -0.818. The highest BCUT2D eigenvalue weighted by Gasteiger charge is 2.21. The van der Waals surface area contributed by atoms with Crippen molar-refractivity contribution in [2.45, 2.75) is 20.8 Å². The number of benzene rings is 1. The third kappa shape index (κ3) is 2.76. The van der Waals surface area contributed by atoms with Gasteiger partial charge in [0.15, 0.2) is 0 Å². The maximum Gasteiger partial charge on any atom is 0.244 e. The van der Waals surface area contributed by atoms with E-state index in [2.05, 4.69) is 0 Å². The zero-order chi connectivity index (χ0) is 13.0. The highest BCUT2D eigenvalue weighted by atomic mass is 16.3. The van der Waals surface area contributed by atoms with Crippen molar-refractivity contribution < 1.29 is 9.90 Å². The van der Waals surface area contributed by atoms with Crippen molar-refractivity contribution in [3.05, 3.63) is 23.8 Å². The second-order valence-electron chi connectivity index (χ2n) is 3.90. The molecule has 0 aromatic heterocycles. The molecule has 90 valence electrons. The summed E-state index contributed by atoms with van der Waals surface area (Å²) in [5.41, 5.74) is 1.54. The number of hydrogen-bond acceptors (Lipinski definition) is 3. The minimum Gasteiger partial charge on any atom is -0.508 e. The normalized spacial score (nSPS) is 11.6. The molecule has 1 amide bonds. The quantitative estimate of drug-likeness (QED) is 0.869. The van der Waals surface area contributed by atoms with E-state index in [0.29, 0.717) is 12.2 Å². The number of carbonyl (C=O) groups excluding carboxylic acids is 1. The van der Waals surface area contributed by atoms with E-state index in [1.165, 1.54) is 4.90 Å². The third-order valence-corrected chi connectivity index (χ3v) is 2.63. The average Bonchev–Trinajstić information content (AvgIpc) is 2.33. The first-order valence-corrected chi connectivity index (χ1v) is 5.51. The minimum absolute atomic E-state index is 0.112. The molecular weight excluding hydrogens is 216 g/mol. The molecule has 0 spiro atoms. The van der Waals surface area contributed by atoms with Crippen LogP contribution >= 0.6 is 0 Å². The lowest BCUT2D eigenvalue weighted by molar-refractivity contribution is -0.120. The van der Waals surface area contributed by atoms with Gasteiger partial charge in [-0.3, -0.25) is 4.79 Å². The van der Waals surface area contributed by atoms with Crippen molar-refractivity contribution in [1.82, 2.24) is 0 Å². The van der Waals surface area contributed by atoms with E-state index < -0.39 is 5.92 Å². The molecule has 0 radical (unpaired) electrons. The van der Waals surface area contributed by atoms with E-state index in [9.17, 15) is 9.90 Å². The van der Waals surface area contributed by atoms with Crippen LogP contribution in [0.25, 0.3) is 0 Å². The van der Waals surface area contributed by atoms with Gasteiger partial charge in [0.1, 0.15) is 11.7 Å². The van der Waals surface area contributed by atoms with E-state index in [0.717, 1.165) is 5.56 Å². The Hall–Kier alpha value is -2.02. The lowest BCUT2D eigenvalue weighted by Gasteiger charge is -2.24. The third-order valence-electron chi connectivity index (χ3n) is 2.63. The van der Waals surface area contributed by atoms with Gasteiger partial charge < -0.3 is 10.0 Å². The standard InChI is InChI=1S/C13H16N2O2/c1-4-15(13(17)10(3)8-14)12-7-11(16)6-5-9(12)2/h5-7,10,16H,4H2,1-3H3. The number of amides is 1. The Morgan fingerprint density at radius 1 is 1.59 bits per heavy atom.